The summed E-state index contributed by atoms with van der Waals surface area (Å²) < 4.78 is 1.92. The van der Waals surface area contributed by atoms with Crippen LogP contribution in [0.25, 0.3) is 22.1 Å². The summed E-state index contributed by atoms with van der Waals surface area (Å²) in [5.41, 5.74) is 3.86. The highest BCUT2D eigenvalue weighted by atomic mass is 15.5. The summed E-state index contributed by atoms with van der Waals surface area (Å²) in [6.07, 6.45) is 0. The van der Waals surface area contributed by atoms with E-state index in [-0.39, 0.29) is 0 Å². The predicted octanol–water partition coefficient (Wildman–Crippen LogP) is 1.47. The fourth-order valence-electron chi connectivity index (χ4n) is 2.58. The Hall–Kier alpha value is -2.80. The van der Waals surface area contributed by atoms with Crippen LogP contribution in [0.15, 0.2) is 48.5 Å². The zero-order valence-corrected chi connectivity index (χ0v) is 12.6. The Balaban J connectivity index is 1.29. The molecule has 0 saturated carbocycles. The number of aromatic nitrogens is 6. The van der Waals surface area contributed by atoms with Gasteiger partial charge in [0.2, 0.25) is 0 Å². The van der Waals surface area contributed by atoms with E-state index >= 15 is 0 Å². The summed E-state index contributed by atoms with van der Waals surface area (Å²) in [5, 5.41) is 20.6. The summed E-state index contributed by atoms with van der Waals surface area (Å²) in [6.45, 7) is 3.17. The van der Waals surface area contributed by atoms with Crippen molar-refractivity contribution in [1.29, 1.82) is 0 Å². The molecule has 0 bridgehead atoms. The van der Waals surface area contributed by atoms with E-state index in [4.69, 9.17) is 0 Å². The Kier molecular flexibility index (Phi) is 3.69. The predicted molar refractivity (Wildman–Crippen MR) is 87.9 cm³/mol. The molecule has 4 aromatic rings. The Labute approximate surface area is 132 Å². The minimum Gasteiger partial charge on any atom is -0.313 e. The molecule has 0 saturated heterocycles. The van der Waals surface area contributed by atoms with Crippen LogP contribution < -0.4 is 5.32 Å². The second kappa shape index (κ2) is 6.13. The molecule has 23 heavy (non-hydrogen) atoms. The standard InChI is InChI=1S/C16H17N7/c1-2-6-14-13(5-1)19-23(20-14)12-10-17-9-11-22-16-8-4-3-7-15(16)18-21-22/h1-8,17H,9-12H2. The van der Waals surface area contributed by atoms with Crippen LogP contribution in [0, 0.1) is 0 Å². The molecule has 116 valence electrons. The fraction of sp³-hybridized carbons (Fsp3) is 0.250. The van der Waals surface area contributed by atoms with Crippen molar-refractivity contribution in [2.45, 2.75) is 13.1 Å². The van der Waals surface area contributed by atoms with E-state index in [9.17, 15) is 0 Å². The first-order valence-corrected chi connectivity index (χ1v) is 7.69. The van der Waals surface area contributed by atoms with Gasteiger partial charge >= 0.3 is 0 Å². The average molecular weight is 307 g/mol. The van der Waals surface area contributed by atoms with E-state index in [1.165, 1.54) is 0 Å². The summed E-state index contributed by atoms with van der Waals surface area (Å²) in [7, 11) is 0. The first-order valence-electron chi connectivity index (χ1n) is 7.69. The van der Waals surface area contributed by atoms with Gasteiger partial charge in [0.05, 0.1) is 18.6 Å². The first-order chi connectivity index (χ1) is 11.4. The molecular weight excluding hydrogens is 290 g/mol. The van der Waals surface area contributed by atoms with E-state index in [0.29, 0.717) is 0 Å². The van der Waals surface area contributed by atoms with Crippen LogP contribution in [-0.4, -0.2) is 43.1 Å². The van der Waals surface area contributed by atoms with Gasteiger partial charge in [0.15, 0.2) is 0 Å². The van der Waals surface area contributed by atoms with Gasteiger partial charge in [-0.25, -0.2) is 4.68 Å². The number of rotatable bonds is 6. The highest BCUT2D eigenvalue weighted by Crippen LogP contribution is 2.09. The molecule has 0 aliphatic rings. The van der Waals surface area contributed by atoms with E-state index < -0.39 is 0 Å². The van der Waals surface area contributed by atoms with Crippen molar-refractivity contribution < 1.29 is 0 Å². The molecule has 0 amide bonds. The molecule has 0 spiro atoms. The molecule has 7 heteroatoms. The number of benzene rings is 2. The Bertz CT molecular complexity index is 891. The third kappa shape index (κ3) is 2.91. The number of nitrogens with zero attached hydrogens (tertiary/aromatic N) is 6. The summed E-state index contributed by atoms with van der Waals surface area (Å²) in [4.78, 5) is 1.74. The molecule has 1 N–H and O–H groups in total. The Morgan fingerprint density at radius 3 is 2.22 bits per heavy atom. The maximum absolute atomic E-state index is 4.44. The van der Waals surface area contributed by atoms with Crippen molar-refractivity contribution in [3.63, 3.8) is 0 Å². The second-order valence-corrected chi connectivity index (χ2v) is 5.34. The van der Waals surface area contributed by atoms with Gasteiger partial charge in [-0.15, -0.1) is 5.10 Å². The zero-order chi connectivity index (χ0) is 15.5. The lowest BCUT2D eigenvalue weighted by atomic mass is 10.3. The largest absolute Gasteiger partial charge is 0.313 e. The Morgan fingerprint density at radius 1 is 0.783 bits per heavy atom. The van der Waals surface area contributed by atoms with Gasteiger partial charge in [0, 0.05) is 13.1 Å². The van der Waals surface area contributed by atoms with Crippen LogP contribution in [0.5, 0.6) is 0 Å². The van der Waals surface area contributed by atoms with E-state index in [2.05, 4.69) is 25.8 Å². The third-order valence-corrected chi connectivity index (χ3v) is 3.74. The minimum atomic E-state index is 0.743. The van der Waals surface area contributed by atoms with Crippen molar-refractivity contribution >= 4 is 22.1 Å². The number of fused-ring (bicyclic) bond motifs is 2. The maximum Gasteiger partial charge on any atom is 0.113 e. The van der Waals surface area contributed by atoms with Crippen LogP contribution in [-0.2, 0) is 13.1 Å². The Morgan fingerprint density at radius 2 is 1.43 bits per heavy atom. The van der Waals surface area contributed by atoms with E-state index in [1.54, 1.807) is 4.80 Å². The molecule has 0 unspecified atom stereocenters. The lowest BCUT2D eigenvalue weighted by Crippen LogP contribution is -2.25. The van der Waals surface area contributed by atoms with Crippen molar-refractivity contribution in [2.24, 2.45) is 0 Å². The molecule has 0 radical (unpaired) electrons. The lowest BCUT2D eigenvalue weighted by Gasteiger charge is -2.05. The van der Waals surface area contributed by atoms with Crippen molar-refractivity contribution in [3.8, 4) is 0 Å². The molecule has 0 aliphatic heterocycles. The van der Waals surface area contributed by atoms with Gasteiger partial charge in [-0.1, -0.05) is 29.5 Å². The zero-order valence-electron chi connectivity index (χ0n) is 12.6. The van der Waals surface area contributed by atoms with Crippen molar-refractivity contribution in [1.82, 2.24) is 35.3 Å². The minimum absolute atomic E-state index is 0.743. The highest BCUT2D eigenvalue weighted by Gasteiger charge is 2.03. The molecule has 0 aliphatic carbocycles. The van der Waals surface area contributed by atoms with Gasteiger partial charge < -0.3 is 5.32 Å². The summed E-state index contributed by atoms with van der Waals surface area (Å²) >= 11 is 0. The van der Waals surface area contributed by atoms with Gasteiger partial charge in [-0.2, -0.15) is 15.0 Å². The van der Waals surface area contributed by atoms with Gasteiger partial charge in [0.1, 0.15) is 16.6 Å². The topological polar surface area (TPSA) is 73.5 Å². The number of hydrogen-bond donors (Lipinski definition) is 1. The van der Waals surface area contributed by atoms with Crippen LogP contribution in [0.1, 0.15) is 0 Å². The molecule has 0 atom stereocenters. The molecular formula is C16H17N7. The molecule has 2 heterocycles. The molecule has 0 fully saturated rings. The first kappa shape index (κ1) is 13.8. The molecule has 7 nitrogen and oxygen atoms in total. The van der Waals surface area contributed by atoms with Crippen molar-refractivity contribution in [3.05, 3.63) is 48.5 Å². The fourth-order valence-corrected chi connectivity index (χ4v) is 2.58. The number of nitrogens with one attached hydrogen (secondary N) is 1. The quantitative estimate of drug-likeness (QED) is 0.546. The normalized spacial score (nSPS) is 11.5. The van der Waals surface area contributed by atoms with E-state index in [0.717, 1.165) is 48.2 Å². The van der Waals surface area contributed by atoms with Crippen LogP contribution in [0.2, 0.25) is 0 Å². The lowest BCUT2D eigenvalue weighted by molar-refractivity contribution is 0.486. The summed E-state index contributed by atoms with van der Waals surface area (Å²) in [5.74, 6) is 0. The molecule has 2 aromatic heterocycles. The van der Waals surface area contributed by atoms with Gasteiger partial charge in [-0.05, 0) is 24.3 Å². The molecule has 2 aromatic carbocycles. The second-order valence-electron chi connectivity index (χ2n) is 5.34. The molecule has 4 rings (SSSR count). The third-order valence-electron chi connectivity index (χ3n) is 3.74. The van der Waals surface area contributed by atoms with Crippen LogP contribution in [0.3, 0.4) is 0 Å². The summed E-state index contributed by atoms with van der Waals surface area (Å²) in [6, 6.07) is 15.9. The maximum atomic E-state index is 4.44. The van der Waals surface area contributed by atoms with Crippen LogP contribution in [0.4, 0.5) is 0 Å². The smallest absolute Gasteiger partial charge is 0.113 e. The van der Waals surface area contributed by atoms with Gasteiger partial charge in [-0.3, -0.25) is 0 Å². The highest BCUT2D eigenvalue weighted by molar-refractivity contribution is 5.74. The average Bonchev–Trinajstić information content (AvgIpc) is 3.18. The number of para-hydroxylation sites is 1. The number of hydrogen-bond acceptors (Lipinski definition) is 5. The van der Waals surface area contributed by atoms with E-state index in [1.807, 2.05) is 53.2 Å². The van der Waals surface area contributed by atoms with Gasteiger partial charge in [0.25, 0.3) is 0 Å². The SMILES string of the molecule is c1ccc2nn(CCNCCn3nnc4ccccc43)nc2c1. The van der Waals surface area contributed by atoms with Crippen LogP contribution >= 0.6 is 0 Å². The van der Waals surface area contributed by atoms with Crippen molar-refractivity contribution in [2.75, 3.05) is 13.1 Å². The monoisotopic (exact) mass is 307 g/mol.